The Bertz CT molecular complexity index is 1390. The molecule has 1 unspecified atom stereocenters. The van der Waals surface area contributed by atoms with E-state index in [0.717, 1.165) is 11.1 Å². The van der Waals surface area contributed by atoms with Gasteiger partial charge in [0.2, 0.25) is 0 Å². The number of aromatic nitrogens is 5. The predicted molar refractivity (Wildman–Crippen MR) is 128 cm³/mol. The van der Waals surface area contributed by atoms with Crippen LogP contribution in [0.1, 0.15) is 22.8 Å². The van der Waals surface area contributed by atoms with Crippen LogP contribution in [0.2, 0.25) is 0 Å². The van der Waals surface area contributed by atoms with Crippen LogP contribution in [-0.2, 0) is 9.47 Å². The third-order valence-electron chi connectivity index (χ3n) is 6.83. The van der Waals surface area contributed by atoms with Crippen LogP contribution in [0, 0.1) is 0 Å². The molecule has 2 aromatic heterocycles. The summed E-state index contributed by atoms with van der Waals surface area (Å²) < 4.78 is 28.6. The van der Waals surface area contributed by atoms with Gasteiger partial charge in [-0.2, -0.15) is 9.61 Å². The zero-order valence-electron chi connectivity index (χ0n) is 19.6. The third-order valence-corrected chi connectivity index (χ3v) is 6.83. The first-order valence-electron chi connectivity index (χ1n) is 11.9. The minimum Gasteiger partial charge on any atom is -0.388 e. The van der Waals surface area contributed by atoms with E-state index >= 15 is 0 Å². The molecule has 11 nitrogen and oxygen atoms in total. The zero-order valence-corrected chi connectivity index (χ0v) is 19.6. The highest BCUT2D eigenvalue weighted by atomic mass is 19.1. The summed E-state index contributed by atoms with van der Waals surface area (Å²) in [5.74, 6) is 0.893. The number of fused-ring (bicyclic) bond motifs is 2. The highest BCUT2D eigenvalue weighted by molar-refractivity contribution is 6.00. The van der Waals surface area contributed by atoms with Gasteiger partial charge in [0.05, 0.1) is 49.9 Å². The van der Waals surface area contributed by atoms with Crippen molar-refractivity contribution in [2.24, 2.45) is 0 Å². The maximum absolute atomic E-state index is 14.7. The minimum atomic E-state index is -1.11. The van der Waals surface area contributed by atoms with E-state index in [-0.39, 0.29) is 31.4 Å². The quantitative estimate of drug-likeness (QED) is 0.380. The van der Waals surface area contributed by atoms with Crippen molar-refractivity contribution in [1.82, 2.24) is 29.5 Å². The van der Waals surface area contributed by atoms with E-state index in [2.05, 4.69) is 20.7 Å². The molecule has 0 spiro atoms. The lowest BCUT2D eigenvalue weighted by molar-refractivity contribution is 0.00346. The Morgan fingerprint density at radius 3 is 2.89 bits per heavy atom. The Morgan fingerprint density at radius 2 is 2.11 bits per heavy atom. The highest BCUT2D eigenvalue weighted by Crippen LogP contribution is 2.37. The summed E-state index contributed by atoms with van der Waals surface area (Å²) >= 11 is 0. The molecule has 2 aromatic rings. The second-order valence-corrected chi connectivity index (χ2v) is 9.03. The summed E-state index contributed by atoms with van der Waals surface area (Å²) in [6, 6.07) is 4.78. The summed E-state index contributed by atoms with van der Waals surface area (Å²) in [6.07, 6.45) is 3.70. The van der Waals surface area contributed by atoms with Crippen LogP contribution < -0.4 is 10.6 Å². The molecule has 2 saturated heterocycles. The number of hydrogen-bond acceptors (Lipinski definition) is 8. The van der Waals surface area contributed by atoms with E-state index in [9.17, 15) is 14.3 Å². The molecule has 36 heavy (non-hydrogen) atoms. The van der Waals surface area contributed by atoms with Gasteiger partial charge in [0.25, 0.3) is 5.91 Å². The largest absolute Gasteiger partial charge is 0.388 e. The van der Waals surface area contributed by atoms with Crippen molar-refractivity contribution in [3.05, 3.63) is 42.4 Å². The topological polar surface area (TPSA) is 128 Å². The minimum absolute atomic E-state index is 0.0709. The number of hydrogen-bond donors (Lipinski definition) is 3. The van der Waals surface area contributed by atoms with Crippen molar-refractivity contribution in [3.63, 3.8) is 0 Å². The first kappa shape index (κ1) is 22.8. The number of carbonyl (C=O) groups is 1. The summed E-state index contributed by atoms with van der Waals surface area (Å²) in [4.78, 5) is 22.4. The molecule has 4 aliphatic rings. The molecule has 0 bridgehead atoms. The van der Waals surface area contributed by atoms with E-state index < -0.39 is 24.2 Å². The molecule has 0 saturated carbocycles. The molecule has 4 atom stereocenters. The summed E-state index contributed by atoms with van der Waals surface area (Å²) in [6.45, 7) is 0.994. The average Bonchev–Trinajstić information content (AvgIpc) is 3.62. The fourth-order valence-electron chi connectivity index (χ4n) is 4.90. The Morgan fingerprint density at radius 1 is 1.22 bits per heavy atom. The number of halogens is 1. The monoisotopic (exact) mass is 495 g/mol. The smallest absolute Gasteiger partial charge is 0.257 e. The molecule has 2 fully saturated rings. The fraction of sp³-hybridized carbons (Fsp3) is 0.417. The van der Waals surface area contributed by atoms with Gasteiger partial charge in [-0.05, 0) is 18.6 Å². The summed E-state index contributed by atoms with van der Waals surface area (Å²) in [5.41, 5.74) is 2.80. The highest BCUT2D eigenvalue weighted by Gasteiger charge is 2.31. The molecule has 12 heteroatoms. The number of nitrogens with one attached hydrogen (secondary N) is 2. The number of anilines is 1. The van der Waals surface area contributed by atoms with E-state index in [1.165, 1.54) is 6.20 Å². The third kappa shape index (κ3) is 3.77. The van der Waals surface area contributed by atoms with Gasteiger partial charge in [-0.25, -0.2) is 14.4 Å². The number of aliphatic hydroxyl groups excluding tert-OH is 1. The maximum atomic E-state index is 14.7. The van der Waals surface area contributed by atoms with E-state index in [4.69, 9.17) is 14.5 Å². The number of aliphatic hydroxyl groups is 1. The lowest BCUT2D eigenvalue weighted by Gasteiger charge is -2.29. The Hall–Kier alpha value is -3.61. The molecule has 188 valence electrons. The van der Waals surface area contributed by atoms with Crippen molar-refractivity contribution in [2.75, 3.05) is 38.8 Å². The zero-order chi connectivity index (χ0) is 24.8. The van der Waals surface area contributed by atoms with Gasteiger partial charge in [0, 0.05) is 43.2 Å². The molecule has 0 aliphatic carbocycles. The van der Waals surface area contributed by atoms with E-state index in [0.29, 0.717) is 36.0 Å². The van der Waals surface area contributed by atoms with Crippen LogP contribution in [-0.4, -0.2) is 87.0 Å². The number of rotatable bonds is 5. The first-order valence-corrected chi connectivity index (χ1v) is 11.9. The Kier molecular flexibility index (Phi) is 5.78. The molecule has 6 rings (SSSR count). The van der Waals surface area contributed by atoms with Crippen LogP contribution in [0.15, 0.2) is 36.8 Å². The van der Waals surface area contributed by atoms with Gasteiger partial charge >= 0.3 is 0 Å². The van der Waals surface area contributed by atoms with Gasteiger partial charge in [-0.15, -0.1) is 0 Å². The van der Waals surface area contributed by atoms with E-state index in [1.54, 1.807) is 17.8 Å². The van der Waals surface area contributed by atoms with Crippen LogP contribution in [0.3, 0.4) is 0 Å². The molecular weight excluding hydrogens is 469 g/mol. The predicted octanol–water partition coefficient (Wildman–Crippen LogP) is 1.53. The molecule has 0 aromatic carbocycles. The average molecular weight is 496 g/mol. The second kappa shape index (κ2) is 9.12. The van der Waals surface area contributed by atoms with Gasteiger partial charge in [-0.3, -0.25) is 4.79 Å². The number of alkyl halides is 1. The lowest BCUT2D eigenvalue weighted by Crippen LogP contribution is -2.42. The van der Waals surface area contributed by atoms with Gasteiger partial charge in [0.15, 0.2) is 5.65 Å². The van der Waals surface area contributed by atoms with Gasteiger partial charge < -0.3 is 29.8 Å². The molecule has 0 radical (unpaired) electrons. The lowest BCUT2D eigenvalue weighted by atomic mass is 10.0. The Labute approximate surface area is 205 Å². The first-order chi connectivity index (χ1) is 17.5. The van der Waals surface area contributed by atoms with Gasteiger partial charge in [0.1, 0.15) is 23.4 Å². The number of carbonyl (C=O) groups excluding carboxylic acids is 1. The molecule has 4 aliphatic heterocycles. The SMILES string of the molecule is CNc1cc(-c2cnc3n([C@H]4CCOC[C@H]4F)cccc2-3)nc2c(C(=O)NC3COC[C@H]3O)cnn12. The standard InChI is InChI=1S/C24H26FN7O4/c1-26-21-7-17(29-23-15(9-28-32(21)23)24(34)30-18-11-36-12-20(18)33)14-8-27-22-13(14)3-2-5-31(22)19-4-6-35-10-16(19)25/h2-3,5,7-9,16,18-20,26,33H,4,6,10-12H2,1H3,(H,30,34)/t16-,18?,19+,20-/m1/s1. The normalized spacial score (nSPS) is 24.4. The van der Waals surface area contributed by atoms with Gasteiger partial charge in [-0.1, -0.05) is 0 Å². The fourth-order valence-corrected chi connectivity index (χ4v) is 4.90. The Balaban J connectivity index is 1.39. The van der Waals surface area contributed by atoms with Crippen LogP contribution in [0.4, 0.5) is 10.2 Å². The molecule has 1 amide bonds. The number of ether oxygens (including phenoxy) is 2. The second-order valence-electron chi connectivity index (χ2n) is 9.03. The van der Waals surface area contributed by atoms with Crippen molar-refractivity contribution in [2.45, 2.75) is 30.8 Å². The molecule has 6 heterocycles. The van der Waals surface area contributed by atoms with Crippen molar-refractivity contribution in [3.8, 4) is 22.6 Å². The number of pyridine rings is 1. The maximum Gasteiger partial charge on any atom is 0.257 e. The number of amides is 1. The van der Waals surface area contributed by atoms with Crippen molar-refractivity contribution in [1.29, 1.82) is 0 Å². The van der Waals surface area contributed by atoms with Crippen LogP contribution >= 0.6 is 0 Å². The summed E-state index contributed by atoms with van der Waals surface area (Å²) in [7, 11) is 1.76. The van der Waals surface area contributed by atoms with Crippen molar-refractivity contribution < 1.29 is 23.8 Å². The number of nitrogens with zero attached hydrogens (tertiary/aromatic N) is 5. The summed E-state index contributed by atoms with van der Waals surface area (Å²) in [5, 5.41) is 20.2. The van der Waals surface area contributed by atoms with E-state index in [1.807, 2.05) is 29.0 Å². The molecule has 3 N–H and O–H groups in total. The van der Waals surface area contributed by atoms with Crippen LogP contribution in [0.5, 0.6) is 0 Å². The molecular formula is C24H26FN7O4. The van der Waals surface area contributed by atoms with Crippen LogP contribution in [0.25, 0.3) is 28.3 Å². The van der Waals surface area contributed by atoms with Crippen molar-refractivity contribution >= 4 is 17.4 Å².